The van der Waals surface area contributed by atoms with Crippen LogP contribution in [-0.2, 0) is 0 Å². The Morgan fingerprint density at radius 3 is 2.14 bits per heavy atom. The molecule has 0 atom stereocenters. The fourth-order valence-electron chi connectivity index (χ4n) is 5.94. The van der Waals surface area contributed by atoms with Crippen LogP contribution in [0.25, 0.3) is 62.9 Å². The van der Waals surface area contributed by atoms with Crippen LogP contribution < -0.4 is 4.90 Å². The highest BCUT2D eigenvalue weighted by atomic mass is 32.1. The van der Waals surface area contributed by atoms with E-state index >= 15 is 0 Å². The van der Waals surface area contributed by atoms with Gasteiger partial charge in [0.2, 0.25) is 5.89 Å². The van der Waals surface area contributed by atoms with E-state index in [9.17, 15) is 0 Å². The number of benzene rings is 6. The van der Waals surface area contributed by atoms with E-state index in [0.29, 0.717) is 5.89 Å². The Labute approximate surface area is 249 Å². The standard InChI is InChI=1S/C37H22N2OS2/c1-3-10-23(11-4-1)37-38-30-21-29-28-15-9-16-31(36(28)42-35(29)22-32(30)40-37)39(24-12-5-2-6-13-24)25-18-19-27-26-14-7-8-17-33(26)41-34(27)20-25/h1-22H. The van der Waals surface area contributed by atoms with E-state index < -0.39 is 0 Å². The van der Waals surface area contributed by atoms with E-state index in [4.69, 9.17) is 9.40 Å². The number of oxazole rings is 1. The zero-order valence-corrected chi connectivity index (χ0v) is 24.0. The van der Waals surface area contributed by atoms with Crippen molar-refractivity contribution in [1.82, 2.24) is 4.98 Å². The van der Waals surface area contributed by atoms with Gasteiger partial charge in [-0.2, -0.15) is 0 Å². The van der Waals surface area contributed by atoms with Gasteiger partial charge in [0, 0.05) is 58.6 Å². The first-order valence-electron chi connectivity index (χ1n) is 13.9. The normalized spacial score (nSPS) is 11.8. The van der Waals surface area contributed by atoms with Crippen LogP contribution in [0.15, 0.2) is 138 Å². The van der Waals surface area contributed by atoms with Gasteiger partial charge in [0.05, 0.1) is 10.4 Å². The van der Waals surface area contributed by atoms with E-state index in [1.54, 1.807) is 11.3 Å². The summed E-state index contributed by atoms with van der Waals surface area (Å²) in [6, 6.07) is 47.2. The molecule has 6 aromatic carbocycles. The van der Waals surface area contributed by atoms with Crippen molar-refractivity contribution in [2.75, 3.05) is 4.90 Å². The molecule has 3 nitrogen and oxygen atoms in total. The molecule has 0 saturated heterocycles. The van der Waals surface area contributed by atoms with Gasteiger partial charge in [0.25, 0.3) is 0 Å². The van der Waals surface area contributed by atoms with Gasteiger partial charge in [-0.25, -0.2) is 4.98 Å². The van der Waals surface area contributed by atoms with E-state index in [1.165, 1.54) is 40.3 Å². The first-order chi connectivity index (χ1) is 20.8. The summed E-state index contributed by atoms with van der Waals surface area (Å²) in [5, 5.41) is 5.04. The van der Waals surface area contributed by atoms with Crippen molar-refractivity contribution in [3.05, 3.63) is 133 Å². The molecule has 0 fully saturated rings. The number of para-hydroxylation sites is 1. The molecule has 42 heavy (non-hydrogen) atoms. The minimum Gasteiger partial charge on any atom is -0.436 e. The molecule has 0 saturated carbocycles. The monoisotopic (exact) mass is 574 g/mol. The van der Waals surface area contributed by atoms with E-state index in [2.05, 4.69) is 108 Å². The van der Waals surface area contributed by atoms with Crippen molar-refractivity contribution in [2.45, 2.75) is 0 Å². The molecule has 0 bridgehead atoms. The Kier molecular flexibility index (Phi) is 5.24. The minimum absolute atomic E-state index is 0.653. The van der Waals surface area contributed by atoms with Gasteiger partial charge in [-0.05, 0) is 54.6 Å². The number of thiophene rings is 2. The van der Waals surface area contributed by atoms with Crippen molar-refractivity contribution in [3.63, 3.8) is 0 Å². The fourth-order valence-corrected chi connectivity index (χ4v) is 8.30. The van der Waals surface area contributed by atoms with Crippen molar-refractivity contribution >= 4 is 91.2 Å². The number of nitrogens with zero attached hydrogens (tertiary/aromatic N) is 2. The van der Waals surface area contributed by atoms with Gasteiger partial charge in [-0.15, -0.1) is 22.7 Å². The van der Waals surface area contributed by atoms with E-state index in [1.807, 2.05) is 41.7 Å². The topological polar surface area (TPSA) is 29.3 Å². The molecular formula is C37H22N2OS2. The summed E-state index contributed by atoms with van der Waals surface area (Å²) in [6.45, 7) is 0. The predicted molar refractivity (Wildman–Crippen MR) is 180 cm³/mol. The number of rotatable bonds is 4. The summed E-state index contributed by atoms with van der Waals surface area (Å²) >= 11 is 3.66. The summed E-state index contributed by atoms with van der Waals surface area (Å²) in [7, 11) is 0. The van der Waals surface area contributed by atoms with Crippen LogP contribution in [0.3, 0.4) is 0 Å². The molecule has 0 N–H and O–H groups in total. The van der Waals surface area contributed by atoms with Crippen LogP contribution in [0.5, 0.6) is 0 Å². The molecule has 0 spiro atoms. The van der Waals surface area contributed by atoms with Crippen LogP contribution >= 0.6 is 22.7 Å². The Morgan fingerprint density at radius 2 is 1.26 bits per heavy atom. The molecule has 5 heteroatoms. The maximum absolute atomic E-state index is 6.23. The molecule has 3 aromatic heterocycles. The molecule has 9 rings (SSSR count). The van der Waals surface area contributed by atoms with Gasteiger partial charge in [0.1, 0.15) is 5.52 Å². The first-order valence-corrected chi connectivity index (χ1v) is 15.5. The van der Waals surface area contributed by atoms with Crippen molar-refractivity contribution in [1.29, 1.82) is 0 Å². The number of hydrogen-bond donors (Lipinski definition) is 0. The molecule has 0 radical (unpaired) electrons. The van der Waals surface area contributed by atoms with Crippen LogP contribution in [0.1, 0.15) is 0 Å². The number of anilines is 3. The largest absolute Gasteiger partial charge is 0.436 e. The number of hydrogen-bond acceptors (Lipinski definition) is 5. The number of aromatic nitrogens is 1. The van der Waals surface area contributed by atoms with Crippen LogP contribution in [-0.4, -0.2) is 4.98 Å². The Bertz CT molecular complexity index is 2420. The lowest BCUT2D eigenvalue weighted by Crippen LogP contribution is -2.09. The van der Waals surface area contributed by atoms with E-state index in [0.717, 1.165) is 33.7 Å². The molecule has 0 unspecified atom stereocenters. The summed E-state index contributed by atoms with van der Waals surface area (Å²) < 4.78 is 11.3. The summed E-state index contributed by atoms with van der Waals surface area (Å²) in [6.07, 6.45) is 0. The lowest BCUT2D eigenvalue weighted by atomic mass is 10.1. The average molecular weight is 575 g/mol. The molecule has 198 valence electrons. The third-order valence-electron chi connectivity index (χ3n) is 7.88. The highest BCUT2D eigenvalue weighted by Crippen LogP contribution is 2.47. The summed E-state index contributed by atoms with van der Waals surface area (Å²) in [5.41, 5.74) is 6.11. The van der Waals surface area contributed by atoms with Crippen molar-refractivity contribution < 1.29 is 4.42 Å². The second kappa shape index (κ2) is 9.28. The maximum atomic E-state index is 6.23. The zero-order chi connectivity index (χ0) is 27.6. The third kappa shape index (κ3) is 3.68. The highest BCUT2D eigenvalue weighted by molar-refractivity contribution is 7.26. The maximum Gasteiger partial charge on any atom is 0.227 e. The molecule has 0 aliphatic rings. The third-order valence-corrected chi connectivity index (χ3v) is 10.2. The zero-order valence-electron chi connectivity index (χ0n) is 22.3. The number of fused-ring (bicyclic) bond motifs is 7. The lowest BCUT2D eigenvalue weighted by molar-refractivity contribution is 0.620. The van der Waals surface area contributed by atoms with Crippen LogP contribution in [0.4, 0.5) is 17.1 Å². The average Bonchev–Trinajstić information content (AvgIpc) is 3.74. The molecule has 3 heterocycles. The fraction of sp³-hybridized carbons (Fsp3) is 0. The Balaban J connectivity index is 1.25. The minimum atomic E-state index is 0.653. The first kappa shape index (κ1) is 23.7. The molecule has 0 amide bonds. The highest BCUT2D eigenvalue weighted by Gasteiger charge is 2.20. The second-order valence-corrected chi connectivity index (χ2v) is 12.5. The predicted octanol–water partition coefficient (Wildman–Crippen LogP) is 11.7. The van der Waals surface area contributed by atoms with Gasteiger partial charge in [-0.3, -0.25) is 0 Å². The van der Waals surface area contributed by atoms with Crippen LogP contribution in [0, 0.1) is 0 Å². The van der Waals surface area contributed by atoms with Gasteiger partial charge < -0.3 is 9.32 Å². The van der Waals surface area contributed by atoms with Crippen molar-refractivity contribution in [2.24, 2.45) is 0 Å². The second-order valence-electron chi connectivity index (χ2n) is 10.4. The van der Waals surface area contributed by atoms with Gasteiger partial charge >= 0.3 is 0 Å². The van der Waals surface area contributed by atoms with Crippen molar-refractivity contribution in [3.8, 4) is 11.5 Å². The lowest BCUT2D eigenvalue weighted by Gasteiger charge is -2.26. The van der Waals surface area contributed by atoms with E-state index in [-0.39, 0.29) is 0 Å². The van der Waals surface area contributed by atoms with Crippen LogP contribution in [0.2, 0.25) is 0 Å². The molecular weight excluding hydrogens is 553 g/mol. The molecule has 0 aliphatic heterocycles. The van der Waals surface area contributed by atoms with Gasteiger partial charge in [0.15, 0.2) is 5.58 Å². The Hall–Kier alpha value is -4.97. The SMILES string of the molecule is c1ccc(-c2nc3cc4c(cc3o2)sc2c(N(c3ccccc3)c3ccc5c(c3)sc3ccccc35)cccc24)cc1. The summed E-state index contributed by atoms with van der Waals surface area (Å²) in [4.78, 5) is 7.23. The van der Waals surface area contributed by atoms with Gasteiger partial charge in [-0.1, -0.05) is 72.8 Å². The Morgan fingerprint density at radius 1 is 0.524 bits per heavy atom. The molecule has 9 aromatic rings. The smallest absolute Gasteiger partial charge is 0.227 e. The molecule has 0 aliphatic carbocycles. The summed E-state index contributed by atoms with van der Waals surface area (Å²) in [5.74, 6) is 0.653. The quantitative estimate of drug-likeness (QED) is 0.209.